The number of aromatic amines is 2. The predicted octanol–water partition coefficient (Wildman–Crippen LogP) is 2.13. The van der Waals surface area contributed by atoms with E-state index in [0.29, 0.717) is 6.54 Å². The molecule has 0 bridgehead atoms. The molecule has 1 atom stereocenters. The van der Waals surface area contributed by atoms with Crippen LogP contribution in [0.1, 0.15) is 62.3 Å². The molecule has 0 aromatic carbocycles. The van der Waals surface area contributed by atoms with Crippen molar-refractivity contribution in [3.05, 3.63) is 29.6 Å². The number of likely N-dealkylation sites (tertiary alicyclic amines) is 1. The summed E-state index contributed by atoms with van der Waals surface area (Å²) in [6, 6.07) is -0.0571. The van der Waals surface area contributed by atoms with Crippen molar-refractivity contribution in [1.82, 2.24) is 35.6 Å². The number of carbonyl (C=O) groups excluding carboxylic acids is 1. The van der Waals surface area contributed by atoms with Crippen molar-refractivity contribution in [2.24, 2.45) is 0 Å². The smallest absolute Gasteiger partial charge is 0.318 e. The molecule has 8 nitrogen and oxygen atoms in total. The Kier molecular flexibility index (Phi) is 5.12. The van der Waals surface area contributed by atoms with Crippen molar-refractivity contribution in [1.29, 1.82) is 0 Å². The van der Waals surface area contributed by atoms with Gasteiger partial charge in [-0.05, 0) is 31.2 Å². The number of nitrogens with zero attached hydrogens (tertiary/aromatic N) is 4. The predicted molar refractivity (Wildman–Crippen MR) is 89.5 cm³/mol. The van der Waals surface area contributed by atoms with E-state index in [9.17, 15) is 4.79 Å². The molecule has 1 unspecified atom stereocenters. The number of hydrogen-bond donors (Lipinski definition) is 3. The number of amides is 2. The zero-order valence-corrected chi connectivity index (χ0v) is 14.2. The standard InChI is InChI=1S/C16H25N7O/c1-11(2)14-20-15(22-21-14)13-5-3-4-8-23(13)16(24)17-7-6-12-9-18-19-10-12/h9-11,13H,3-8H2,1-2H3,(H,17,24)(H,18,19)(H,20,21,22). The van der Waals surface area contributed by atoms with Gasteiger partial charge in [-0.15, -0.1) is 0 Å². The van der Waals surface area contributed by atoms with Gasteiger partial charge in [-0.1, -0.05) is 13.8 Å². The quantitative estimate of drug-likeness (QED) is 0.781. The number of aromatic nitrogens is 5. The van der Waals surface area contributed by atoms with Crippen molar-refractivity contribution in [2.45, 2.75) is 51.5 Å². The molecule has 3 rings (SSSR count). The Bertz CT molecular complexity index is 649. The first-order valence-electron chi connectivity index (χ1n) is 8.59. The summed E-state index contributed by atoms with van der Waals surface area (Å²) in [6.45, 7) is 5.47. The van der Waals surface area contributed by atoms with Gasteiger partial charge in [-0.3, -0.25) is 10.2 Å². The molecule has 2 amide bonds. The van der Waals surface area contributed by atoms with E-state index in [0.717, 1.165) is 49.4 Å². The number of nitrogens with one attached hydrogen (secondary N) is 3. The van der Waals surface area contributed by atoms with Crippen molar-refractivity contribution >= 4 is 6.03 Å². The maximum atomic E-state index is 12.6. The number of urea groups is 1. The van der Waals surface area contributed by atoms with Crippen LogP contribution in [0.15, 0.2) is 12.4 Å². The Morgan fingerprint density at radius 1 is 1.46 bits per heavy atom. The molecule has 24 heavy (non-hydrogen) atoms. The lowest BCUT2D eigenvalue weighted by Crippen LogP contribution is -2.45. The fourth-order valence-electron chi connectivity index (χ4n) is 2.98. The third kappa shape index (κ3) is 3.74. The van der Waals surface area contributed by atoms with Gasteiger partial charge >= 0.3 is 6.03 Å². The maximum Gasteiger partial charge on any atom is 0.318 e. The third-order valence-corrected chi connectivity index (χ3v) is 4.36. The largest absolute Gasteiger partial charge is 0.338 e. The highest BCUT2D eigenvalue weighted by Gasteiger charge is 2.30. The molecular weight excluding hydrogens is 306 g/mol. The molecule has 1 aliphatic rings. The van der Waals surface area contributed by atoms with Crippen LogP contribution in [0, 0.1) is 0 Å². The van der Waals surface area contributed by atoms with Gasteiger partial charge in [0.25, 0.3) is 0 Å². The second kappa shape index (κ2) is 7.46. The molecule has 8 heteroatoms. The highest BCUT2D eigenvalue weighted by atomic mass is 16.2. The molecule has 2 aromatic rings. The van der Waals surface area contributed by atoms with Crippen LogP contribution in [0.2, 0.25) is 0 Å². The van der Waals surface area contributed by atoms with Crippen LogP contribution in [-0.2, 0) is 6.42 Å². The molecule has 3 N–H and O–H groups in total. The Morgan fingerprint density at radius 2 is 2.33 bits per heavy atom. The van der Waals surface area contributed by atoms with Crippen LogP contribution in [-0.4, -0.2) is 49.4 Å². The molecule has 0 spiro atoms. The van der Waals surface area contributed by atoms with Gasteiger partial charge in [0.2, 0.25) is 0 Å². The third-order valence-electron chi connectivity index (χ3n) is 4.36. The second-order valence-electron chi connectivity index (χ2n) is 6.53. The topological polar surface area (TPSA) is 103 Å². The maximum absolute atomic E-state index is 12.6. The Hall–Kier alpha value is -2.38. The van der Waals surface area contributed by atoms with E-state index in [1.807, 2.05) is 11.1 Å². The molecule has 130 valence electrons. The van der Waals surface area contributed by atoms with E-state index in [-0.39, 0.29) is 18.0 Å². The van der Waals surface area contributed by atoms with Crippen LogP contribution in [0.3, 0.4) is 0 Å². The van der Waals surface area contributed by atoms with Crippen LogP contribution in [0.5, 0.6) is 0 Å². The lowest BCUT2D eigenvalue weighted by atomic mass is 10.0. The summed E-state index contributed by atoms with van der Waals surface area (Å²) in [7, 11) is 0. The van der Waals surface area contributed by atoms with Gasteiger partial charge in [-0.25, -0.2) is 9.78 Å². The van der Waals surface area contributed by atoms with Gasteiger partial charge in [0.1, 0.15) is 5.82 Å². The molecular formula is C16H25N7O. The van der Waals surface area contributed by atoms with E-state index in [2.05, 4.69) is 44.5 Å². The van der Waals surface area contributed by atoms with E-state index in [1.165, 1.54) is 0 Å². The Balaban J connectivity index is 1.61. The van der Waals surface area contributed by atoms with Gasteiger partial charge in [-0.2, -0.15) is 10.2 Å². The SMILES string of the molecule is CC(C)c1n[nH]c(C2CCCCN2C(=O)NCCc2cn[nH]c2)n1. The summed E-state index contributed by atoms with van der Waals surface area (Å²) in [5.41, 5.74) is 1.09. The molecule has 2 aromatic heterocycles. The number of rotatable bonds is 5. The molecule has 0 aliphatic carbocycles. The molecule has 0 saturated carbocycles. The summed E-state index contributed by atoms with van der Waals surface area (Å²) in [4.78, 5) is 19.0. The van der Waals surface area contributed by atoms with Crippen molar-refractivity contribution in [3.63, 3.8) is 0 Å². The number of carbonyl (C=O) groups is 1. The average Bonchev–Trinajstić information content (AvgIpc) is 3.26. The molecule has 1 aliphatic heterocycles. The minimum Gasteiger partial charge on any atom is -0.338 e. The number of hydrogen-bond acceptors (Lipinski definition) is 4. The first-order valence-corrected chi connectivity index (χ1v) is 8.59. The fraction of sp³-hybridized carbons (Fsp3) is 0.625. The minimum atomic E-state index is -0.0364. The summed E-state index contributed by atoms with van der Waals surface area (Å²) in [6.07, 6.45) is 7.43. The van der Waals surface area contributed by atoms with E-state index < -0.39 is 0 Å². The zero-order chi connectivity index (χ0) is 16.9. The molecule has 1 fully saturated rings. The van der Waals surface area contributed by atoms with Crippen molar-refractivity contribution < 1.29 is 4.79 Å². The minimum absolute atomic E-state index is 0.0207. The van der Waals surface area contributed by atoms with Crippen molar-refractivity contribution in [2.75, 3.05) is 13.1 Å². The highest BCUT2D eigenvalue weighted by Crippen LogP contribution is 2.29. The van der Waals surface area contributed by atoms with Gasteiger partial charge in [0, 0.05) is 25.2 Å². The molecule has 0 radical (unpaired) electrons. The second-order valence-corrected chi connectivity index (χ2v) is 6.53. The van der Waals surface area contributed by atoms with E-state index in [1.54, 1.807) is 6.20 Å². The van der Waals surface area contributed by atoms with Crippen LogP contribution >= 0.6 is 0 Å². The number of H-pyrrole nitrogens is 2. The van der Waals surface area contributed by atoms with Crippen LogP contribution in [0.25, 0.3) is 0 Å². The first-order chi connectivity index (χ1) is 11.6. The normalized spacial score (nSPS) is 18.1. The summed E-state index contributed by atoms with van der Waals surface area (Å²) in [5, 5.41) is 17.0. The lowest BCUT2D eigenvalue weighted by Gasteiger charge is -2.34. The number of piperidine rings is 1. The highest BCUT2D eigenvalue weighted by molar-refractivity contribution is 5.74. The van der Waals surface area contributed by atoms with E-state index >= 15 is 0 Å². The Morgan fingerprint density at radius 3 is 3.04 bits per heavy atom. The lowest BCUT2D eigenvalue weighted by molar-refractivity contribution is 0.148. The zero-order valence-electron chi connectivity index (χ0n) is 14.2. The summed E-state index contributed by atoms with van der Waals surface area (Å²) < 4.78 is 0. The van der Waals surface area contributed by atoms with Crippen LogP contribution < -0.4 is 5.32 Å². The Labute approximate surface area is 141 Å². The van der Waals surface area contributed by atoms with Gasteiger partial charge in [0.15, 0.2) is 5.82 Å². The summed E-state index contributed by atoms with van der Waals surface area (Å²) >= 11 is 0. The van der Waals surface area contributed by atoms with Gasteiger partial charge in [0.05, 0.1) is 12.2 Å². The molecule has 3 heterocycles. The molecule has 1 saturated heterocycles. The monoisotopic (exact) mass is 331 g/mol. The fourth-order valence-corrected chi connectivity index (χ4v) is 2.98. The average molecular weight is 331 g/mol. The van der Waals surface area contributed by atoms with Gasteiger partial charge < -0.3 is 10.2 Å². The summed E-state index contributed by atoms with van der Waals surface area (Å²) in [5.74, 6) is 1.87. The first kappa shape index (κ1) is 16.5. The van der Waals surface area contributed by atoms with E-state index in [4.69, 9.17) is 0 Å². The van der Waals surface area contributed by atoms with Crippen LogP contribution in [0.4, 0.5) is 4.79 Å². The van der Waals surface area contributed by atoms with Crippen molar-refractivity contribution in [3.8, 4) is 0 Å².